The average molecular weight is 394 g/mol. The second-order valence-corrected chi connectivity index (χ2v) is 7.65. The van der Waals surface area contributed by atoms with Crippen LogP contribution in [0.15, 0.2) is 35.2 Å². The lowest BCUT2D eigenvalue weighted by Gasteiger charge is -2.13. The van der Waals surface area contributed by atoms with Gasteiger partial charge in [0.15, 0.2) is 6.61 Å². The number of carbonyl (C=O) groups is 2. The fourth-order valence-electron chi connectivity index (χ4n) is 2.60. The number of esters is 1. The molecule has 2 rings (SSSR count). The number of aryl methyl sites for hydroxylation is 3. The van der Waals surface area contributed by atoms with Gasteiger partial charge in [0.05, 0.1) is 10.5 Å². The van der Waals surface area contributed by atoms with Crippen LogP contribution in [-0.4, -0.2) is 26.9 Å². The van der Waals surface area contributed by atoms with Crippen molar-refractivity contribution in [3.8, 4) is 0 Å². The largest absolute Gasteiger partial charge is 0.452 e. The van der Waals surface area contributed by atoms with Gasteiger partial charge in [-0.05, 0) is 50.1 Å². The summed E-state index contributed by atoms with van der Waals surface area (Å²) in [5, 5.41) is 7.59. The number of rotatable bonds is 5. The highest BCUT2D eigenvalue weighted by Gasteiger charge is 2.19. The van der Waals surface area contributed by atoms with Crippen LogP contribution < -0.4 is 10.5 Å². The Morgan fingerprint density at radius 2 is 1.70 bits per heavy atom. The summed E-state index contributed by atoms with van der Waals surface area (Å²) in [6.07, 6.45) is 0. The number of carbonyl (C=O) groups excluding carboxylic acids is 2. The van der Waals surface area contributed by atoms with Crippen LogP contribution in [0, 0.1) is 26.6 Å². The fourth-order valence-corrected chi connectivity index (χ4v) is 3.14. The second kappa shape index (κ2) is 7.85. The van der Waals surface area contributed by atoms with Gasteiger partial charge in [0.1, 0.15) is 5.82 Å². The van der Waals surface area contributed by atoms with Gasteiger partial charge < -0.3 is 10.1 Å². The Hall–Kier alpha value is -2.78. The zero-order chi connectivity index (χ0) is 20.4. The van der Waals surface area contributed by atoms with E-state index in [1.807, 2.05) is 32.9 Å². The zero-order valence-electron chi connectivity index (χ0n) is 15.0. The van der Waals surface area contributed by atoms with E-state index in [0.717, 1.165) is 34.9 Å². The van der Waals surface area contributed by atoms with Crippen molar-refractivity contribution in [3.63, 3.8) is 0 Å². The van der Waals surface area contributed by atoms with Crippen molar-refractivity contribution in [2.75, 3.05) is 11.9 Å². The monoisotopic (exact) mass is 394 g/mol. The Balaban J connectivity index is 2.09. The Bertz CT molecular complexity index is 995. The molecule has 2 aromatic rings. The van der Waals surface area contributed by atoms with Gasteiger partial charge in [0.2, 0.25) is 10.0 Å². The summed E-state index contributed by atoms with van der Waals surface area (Å²) in [6, 6.07) is 6.26. The molecule has 0 aliphatic carbocycles. The molecule has 144 valence electrons. The predicted octanol–water partition coefficient (Wildman–Crippen LogP) is 2.19. The third-order valence-electron chi connectivity index (χ3n) is 3.76. The number of hydrogen-bond donors (Lipinski definition) is 2. The molecule has 27 heavy (non-hydrogen) atoms. The Labute approximate surface area is 156 Å². The topological polar surface area (TPSA) is 116 Å². The lowest BCUT2D eigenvalue weighted by atomic mass is 10.1. The first kappa shape index (κ1) is 20.5. The summed E-state index contributed by atoms with van der Waals surface area (Å²) in [4.78, 5) is 23.6. The number of anilines is 1. The lowest BCUT2D eigenvalue weighted by Crippen LogP contribution is -2.22. The summed E-state index contributed by atoms with van der Waals surface area (Å²) < 4.78 is 41.2. The first-order valence-corrected chi connectivity index (χ1v) is 9.41. The molecule has 0 radical (unpaired) electrons. The number of halogens is 1. The summed E-state index contributed by atoms with van der Waals surface area (Å²) in [6.45, 7) is 4.92. The molecule has 0 bridgehead atoms. The zero-order valence-corrected chi connectivity index (χ0v) is 15.8. The van der Waals surface area contributed by atoms with E-state index in [2.05, 4.69) is 5.32 Å². The van der Waals surface area contributed by atoms with Crippen LogP contribution in [0.2, 0.25) is 0 Å². The molecule has 0 aliphatic rings. The van der Waals surface area contributed by atoms with Gasteiger partial charge in [0, 0.05) is 5.69 Å². The minimum Gasteiger partial charge on any atom is -0.452 e. The van der Waals surface area contributed by atoms with Crippen LogP contribution in [0.5, 0.6) is 0 Å². The summed E-state index contributed by atoms with van der Waals surface area (Å²) >= 11 is 0. The number of nitrogens with one attached hydrogen (secondary N) is 1. The van der Waals surface area contributed by atoms with Crippen molar-refractivity contribution in [2.45, 2.75) is 25.7 Å². The van der Waals surface area contributed by atoms with Crippen LogP contribution in [0.1, 0.15) is 27.0 Å². The molecule has 0 heterocycles. The van der Waals surface area contributed by atoms with Crippen LogP contribution in [0.25, 0.3) is 0 Å². The first-order chi connectivity index (χ1) is 12.5. The third kappa shape index (κ3) is 5.11. The molecule has 0 atom stereocenters. The Morgan fingerprint density at radius 3 is 2.26 bits per heavy atom. The molecule has 0 saturated heterocycles. The first-order valence-electron chi connectivity index (χ1n) is 7.86. The minimum atomic E-state index is -4.11. The molecule has 0 saturated carbocycles. The van der Waals surface area contributed by atoms with Gasteiger partial charge in [0.25, 0.3) is 5.91 Å². The lowest BCUT2D eigenvalue weighted by molar-refractivity contribution is -0.119. The van der Waals surface area contributed by atoms with E-state index in [4.69, 9.17) is 9.88 Å². The molecule has 0 unspecified atom stereocenters. The van der Waals surface area contributed by atoms with Crippen LogP contribution in [-0.2, 0) is 19.6 Å². The Morgan fingerprint density at radius 1 is 1.11 bits per heavy atom. The third-order valence-corrected chi connectivity index (χ3v) is 4.67. The molecule has 0 spiro atoms. The van der Waals surface area contributed by atoms with E-state index in [1.54, 1.807) is 0 Å². The maximum Gasteiger partial charge on any atom is 0.341 e. The van der Waals surface area contributed by atoms with Crippen LogP contribution in [0.3, 0.4) is 0 Å². The van der Waals surface area contributed by atoms with Crippen molar-refractivity contribution in [2.24, 2.45) is 5.14 Å². The minimum absolute atomic E-state index is 0.439. The quantitative estimate of drug-likeness (QED) is 0.754. The highest BCUT2D eigenvalue weighted by molar-refractivity contribution is 7.89. The smallest absolute Gasteiger partial charge is 0.341 e. The normalized spacial score (nSPS) is 11.1. The van der Waals surface area contributed by atoms with Crippen LogP contribution in [0.4, 0.5) is 10.1 Å². The molecular formula is C18H19FN2O5S. The van der Waals surface area contributed by atoms with Crippen LogP contribution >= 0.6 is 0 Å². The average Bonchev–Trinajstić information content (AvgIpc) is 2.55. The van der Waals surface area contributed by atoms with E-state index < -0.39 is 44.8 Å². The number of sulfonamides is 1. The summed E-state index contributed by atoms with van der Waals surface area (Å²) in [7, 11) is -4.11. The second-order valence-electron chi connectivity index (χ2n) is 6.08. The highest BCUT2D eigenvalue weighted by Crippen LogP contribution is 2.22. The molecule has 1 amide bonds. The number of benzene rings is 2. The maximum atomic E-state index is 13.8. The summed E-state index contributed by atoms with van der Waals surface area (Å²) in [5.74, 6) is -2.77. The standard InChI is InChI=1S/C18H19FN2O5S/c1-10-6-11(2)17(12(3)7-10)21-16(22)9-26-18(23)14-8-13(27(20,24)25)4-5-15(14)19/h4-8H,9H2,1-3H3,(H,21,22)(H2,20,24,25). The number of nitrogens with two attached hydrogens (primary N) is 1. The van der Waals surface area contributed by atoms with Crippen molar-refractivity contribution >= 4 is 27.6 Å². The van der Waals surface area contributed by atoms with Crippen molar-refractivity contribution in [1.82, 2.24) is 0 Å². The molecule has 2 aromatic carbocycles. The molecular weight excluding hydrogens is 375 g/mol. The molecule has 9 heteroatoms. The predicted molar refractivity (Wildman–Crippen MR) is 97.3 cm³/mol. The molecule has 7 nitrogen and oxygen atoms in total. The highest BCUT2D eigenvalue weighted by atomic mass is 32.2. The fraction of sp³-hybridized carbons (Fsp3) is 0.222. The molecule has 3 N–H and O–H groups in total. The SMILES string of the molecule is Cc1cc(C)c(NC(=O)COC(=O)c2cc(S(N)(=O)=O)ccc2F)c(C)c1. The van der Waals surface area contributed by atoms with E-state index in [0.29, 0.717) is 5.69 Å². The summed E-state index contributed by atoms with van der Waals surface area (Å²) in [5.41, 5.74) is 2.71. The van der Waals surface area contributed by atoms with E-state index in [9.17, 15) is 22.4 Å². The molecule has 0 aromatic heterocycles. The van der Waals surface area contributed by atoms with Crippen molar-refractivity contribution in [3.05, 3.63) is 58.4 Å². The molecule has 0 aliphatic heterocycles. The van der Waals surface area contributed by atoms with Crippen molar-refractivity contribution in [1.29, 1.82) is 0 Å². The number of ether oxygens (including phenoxy) is 1. The van der Waals surface area contributed by atoms with E-state index in [-0.39, 0.29) is 0 Å². The molecule has 0 fully saturated rings. The number of hydrogen-bond acceptors (Lipinski definition) is 5. The number of amides is 1. The van der Waals surface area contributed by atoms with Gasteiger partial charge in [-0.25, -0.2) is 22.7 Å². The Kier molecular flexibility index (Phi) is 5.97. The van der Waals surface area contributed by atoms with Gasteiger partial charge in [-0.2, -0.15) is 0 Å². The van der Waals surface area contributed by atoms with Gasteiger partial charge >= 0.3 is 5.97 Å². The van der Waals surface area contributed by atoms with Crippen molar-refractivity contribution < 1.29 is 27.1 Å². The number of primary sulfonamides is 1. The van der Waals surface area contributed by atoms with E-state index in [1.165, 1.54) is 0 Å². The van der Waals surface area contributed by atoms with Gasteiger partial charge in [-0.3, -0.25) is 4.79 Å². The van der Waals surface area contributed by atoms with Gasteiger partial charge in [-0.1, -0.05) is 17.7 Å². The van der Waals surface area contributed by atoms with E-state index >= 15 is 0 Å². The maximum absolute atomic E-state index is 13.8. The van der Waals surface area contributed by atoms with Gasteiger partial charge in [-0.15, -0.1) is 0 Å².